The lowest BCUT2D eigenvalue weighted by Crippen LogP contribution is -2.00. The molecular weight excluding hydrogens is 203 g/mol. The molecule has 1 nitrogen and oxygen atoms in total. The molecule has 3 heteroatoms. The number of methoxy groups -OCH3 is 1. The number of benzene rings is 1. The Labute approximate surface area is 88.8 Å². The Kier molecular flexibility index (Phi) is 3.38. The SMILES string of the molecule is COc1cc(C)c(Cl)c(C(C)C)c1F. The van der Waals surface area contributed by atoms with Gasteiger partial charge in [0.25, 0.3) is 0 Å². The van der Waals surface area contributed by atoms with Crippen molar-refractivity contribution in [2.45, 2.75) is 26.7 Å². The summed E-state index contributed by atoms with van der Waals surface area (Å²) in [7, 11) is 1.45. The standard InChI is InChI=1S/C11H14ClFO/c1-6(2)9-10(12)7(3)5-8(14-4)11(9)13/h5-6H,1-4H3. The summed E-state index contributed by atoms with van der Waals surface area (Å²) in [6, 6.07) is 1.61. The summed E-state index contributed by atoms with van der Waals surface area (Å²) in [6.07, 6.45) is 0. The second kappa shape index (κ2) is 4.18. The highest BCUT2D eigenvalue weighted by Crippen LogP contribution is 2.35. The number of halogens is 2. The molecule has 0 heterocycles. The predicted octanol–water partition coefficient (Wildman–Crippen LogP) is 3.92. The van der Waals surface area contributed by atoms with Gasteiger partial charge in [0.2, 0.25) is 0 Å². The lowest BCUT2D eigenvalue weighted by atomic mass is 9.99. The highest BCUT2D eigenvalue weighted by atomic mass is 35.5. The Hall–Kier alpha value is -0.760. The summed E-state index contributed by atoms with van der Waals surface area (Å²) in [5.41, 5.74) is 1.37. The summed E-state index contributed by atoms with van der Waals surface area (Å²) >= 11 is 6.03. The fourth-order valence-corrected chi connectivity index (χ4v) is 1.78. The van der Waals surface area contributed by atoms with Gasteiger partial charge in [-0.25, -0.2) is 4.39 Å². The van der Waals surface area contributed by atoms with E-state index in [0.29, 0.717) is 10.6 Å². The van der Waals surface area contributed by atoms with Crippen LogP contribution in [0.3, 0.4) is 0 Å². The molecule has 0 radical (unpaired) electrons. The number of hydrogen-bond donors (Lipinski definition) is 0. The van der Waals surface area contributed by atoms with Crippen LogP contribution in [0.1, 0.15) is 30.9 Å². The lowest BCUT2D eigenvalue weighted by molar-refractivity contribution is 0.383. The average Bonchev–Trinajstić information content (AvgIpc) is 2.11. The van der Waals surface area contributed by atoms with Gasteiger partial charge in [-0.05, 0) is 24.5 Å². The van der Waals surface area contributed by atoms with Crippen molar-refractivity contribution >= 4 is 11.6 Å². The van der Waals surface area contributed by atoms with Gasteiger partial charge in [0.1, 0.15) is 0 Å². The molecule has 1 rings (SSSR count). The first-order valence-corrected chi connectivity index (χ1v) is 4.89. The van der Waals surface area contributed by atoms with E-state index in [1.807, 2.05) is 20.8 Å². The van der Waals surface area contributed by atoms with Crippen molar-refractivity contribution in [2.75, 3.05) is 7.11 Å². The van der Waals surface area contributed by atoms with Crippen molar-refractivity contribution in [3.63, 3.8) is 0 Å². The number of rotatable bonds is 2. The molecular formula is C11H14ClFO. The molecule has 0 fully saturated rings. The predicted molar refractivity (Wildman–Crippen MR) is 56.8 cm³/mol. The maximum absolute atomic E-state index is 13.8. The van der Waals surface area contributed by atoms with Crippen LogP contribution in [0.2, 0.25) is 5.02 Å². The van der Waals surface area contributed by atoms with Gasteiger partial charge in [-0.1, -0.05) is 25.4 Å². The molecule has 78 valence electrons. The second-order valence-electron chi connectivity index (χ2n) is 3.59. The van der Waals surface area contributed by atoms with Crippen molar-refractivity contribution < 1.29 is 9.13 Å². The van der Waals surface area contributed by atoms with Gasteiger partial charge in [-0.2, -0.15) is 0 Å². The van der Waals surface area contributed by atoms with Crippen molar-refractivity contribution in [1.82, 2.24) is 0 Å². The van der Waals surface area contributed by atoms with Gasteiger partial charge in [-0.3, -0.25) is 0 Å². The quantitative estimate of drug-likeness (QED) is 0.728. The van der Waals surface area contributed by atoms with Crippen LogP contribution in [0.4, 0.5) is 4.39 Å². The van der Waals surface area contributed by atoms with Crippen LogP contribution in [0.15, 0.2) is 6.07 Å². The third-order valence-corrected chi connectivity index (χ3v) is 2.68. The normalized spacial score (nSPS) is 10.8. The fourth-order valence-electron chi connectivity index (χ4n) is 1.42. The van der Waals surface area contributed by atoms with Crippen molar-refractivity contribution in [2.24, 2.45) is 0 Å². The molecule has 0 saturated heterocycles. The molecule has 0 unspecified atom stereocenters. The highest BCUT2D eigenvalue weighted by Gasteiger charge is 2.17. The lowest BCUT2D eigenvalue weighted by Gasteiger charge is -2.14. The first kappa shape index (κ1) is 11.3. The Morgan fingerprint density at radius 1 is 1.43 bits per heavy atom. The van der Waals surface area contributed by atoms with E-state index >= 15 is 0 Å². The van der Waals surface area contributed by atoms with Crippen molar-refractivity contribution in [3.05, 3.63) is 28.0 Å². The Balaban J connectivity index is 3.45. The Morgan fingerprint density at radius 2 is 2.00 bits per heavy atom. The van der Waals surface area contributed by atoms with Gasteiger partial charge in [-0.15, -0.1) is 0 Å². The number of ether oxygens (including phenoxy) is 1. The van der Waals surface area contributed by atoms with E-state index in [1.54, 1.807) is 6.07 Å². The maximum Gasteiger partial charge on any atom is 0.169 e. The van der Waals surface area contributed by atoms with E-state index in [1.165, 1.54) is 7.11 Å². The largest absolute Gasteiger partial charge is 0.494 e. The van der Waals surface area contributed by atoms with Gasteiger partial charge >= 0.3 is 0 Å². The molecule has 0 aromatic heterocycles. The van der Waals surface area contributed by atoms with Crippen LogP contribution >= 0.6 is 11.6 Å². The van der Waals surface area contributed by atoms with Crippen LogP contribution in [-0.4, -0.2) is 7.11 Å². The van der Waals surface area contributed by atoms with Crippen molar-refractivity contribution in [1.29, 1.82) is 0 Å². The van der Waals surface area contributed by atoms with E-state index in [2.05, 4.69) is 0 Å². The van der Waals surface area contributed by atoms with Crippen LogP contribution < -0.4 is 4.74 Å². The zero-order valence-electron chi connectivity index (χ0n) is 8.82. The molecule has 0 amide bonds. The van der Waals surface area contributed by atoms with Crippen LogP contribution in [0, 0.1) is 12.7 Å². The van der Waals surface area contributed by atoms with Gasteiger partial charge in [0.15, 0.2) is 11.6 Å². The van der Waals surface area contributed by atoms with E-state index in [4.69, 9.17) is 16.3 Å². The van der Waals surface area contributed by atoms with Gasteiger partial charge in [0.05, 0.1) is 12.1 Å². The Bertz CT molecular complexity index is 348. The molecule has 0 aliphatic heterocycles. The molecule has 0 saturated carbocycles. The maximum atomic E-state index is 13.8. The fraction of sp³-hybridized carbons (Fsp3) is 0.455. The van der Waals surface area contributed by atoms with E-state index < -0.39 is 0 Å². The molecule has 14 heavy (non-hydrogen) atoms. The first-order chi connectivity index (χ1) is 6.49. The van der Waals surface area contributed by atoms with Crippen LogP contribution in [0.25, 0.3) is 0 Å². The molecule has 0 N–H and O–H groups in total. The zero-order valence-corrected chi connectivity index (χ0v) is 9.57. The van der Waals surface area contributed by atoms with Crippen LogP contribution in [-0.2, 0) is 0 Å². The molecule has 0 bridgehead atoms. The second-order valence-corrected chi connectivity index (χ2v) is 3.97. The topological polar surface area (TPSA) is 9.23 Å². The minimum Gasteiger partial charge on any atom is -0.494 e. The summed E-state index contributed by atoms with van der Waals surface area (Å²) in [6.45, 7) is 5.66. The monoisotopic (exact) mass is 216 g/mol. The van der Waals surface area contributed by atoms with E-state index in [9.17, 15) is 4.39 Å². The third-order valence-electron chi connectivity index (χ3n) is 2.18. The van der Waals surface area contributed by atoms with Crippen molar-refractivity contribution in [3.8, 4) is 5.75 Å². The third kappa shape index (κ3) is 1.85. The van der Waals surface area contributed by atoms with E-state index in [-0.39, 0.29) is 17.5 Å². The minimum atomic E-state index is -0.349. The molecule has 0 aliphatic carbocycles. The highest BCUT2D eigenvalue weighted by molar-refractivity contribution is 6.32. The Morgan fingerprint density at radius 3 is 2.43 bits per heavy atom. The molecule has 0 atom stereocenters. The molecule has 0 spiro atoms. The summed E-state index contributed by atoms with van der Waals surface area (Å²) in [5, 5.41) is 0.498. The van der Waals surface area contributed by atoms with Gasteiger partial charge in [0, 0.05) is 5.56 Å². The molecule has 0 aliphatic rings. The van der Waals surface area contributed by atoms with E-state index in [0.717, 1.165) is 5.56 Å². The van der Waals surface area contributed by atoms with Gasteiger partial charge < -0.3 is 4.74 Å². The molecule has 1 aromatic rings. The number of aryl methyl sites for hydroxylation is 1. The average molecular weight is 217 g/mol. The first-order valence-electron chi connectivity index (χ1n) is 4.51. The van der Waals surface area contributed by atoms with Crippen LogP contribution in [0.5, 0.6) is 5.75 Å². The zero-order chi connectivity index (χ0) is 10.9. The smallest absolute Gasteiger partial charge is 0.169 e. The number of hydrogen-bond acceptors (Lipinski definition) is 1. The summed E-state index contributed by atoms with van der Waals surface area (Å²) in [5.74, 6) is -0.0370. The summed E-state index contributed by atoms with van der Waals surface area (Å²) in [4.78, 5) is 0. The minimum absolute atomic E-state index is 0.0521. The molecule has 1 aromatic carbocycles. The summed E-state index contributed by atoms with van der Waals surface area (Å²) < 4.78 is 18.7.